The van der Waals surface area contributed by atoms with Gasteiger partial charge in [0.2, 0.25) is 0 Å². The lowest BCUT2D eigenvalue weighted by Gasteiger charge is -2.38. The summed E-state index contributed by atoms with van der Waals surface area (Å²) in [5, 5.41) is 3.32. The highest BCUT2D eigenvalue weighted by atomic mass is 16.5. The minimum absolute atomic E-state index is 0.0856. The van der Waals surface area contributed by atoms with Gasteiger partial charge in [0, 0.05) is 29.3 Å². The van der Waals surface area contributed by atoms with Gasteiger partial charge in [-0.05, 0) is 43.4 Å². The van der Waals surface area contributed by atoms with Crippen LogP contribution in [0.4, 0.5) is 0 Å². The minimum atomic E-state index is -0.420. The minimum Gasteiger partial charge on any atom is -0.497 e. The van der Waals surface area contributed by atoms with Gasteiger partial charge in [0.15, 0.2) is 5.78 Å². The molecule has 0 saturated heterocycles. The number of carbonyl (C=O) groups is 2. The first kappa shape index (κ1) is 20.9. The number of methoxy groups -OCH3 is 1. The van der Waals surface area contributed by atoms with Gasteiger partial charge in [-0.25, -0.2) is 4.79 Å². The summed E-state index contributed by atoms with van der Waals surface area (Å²) in [5.74, 6) is 0.0612. The summed E-state index contributed by atoms with van der Waals surface area (Å²) in [6, 6.07) is 7.65. The predicted molar refractivity (Wildman–Crippen MR) is 113 cm³/mol. The van der Waals surface area contributed by atoms with Crippen LogP contribution in [0.15, 0.2) is 52.9 Å². The van der Waals surface area contributed by atoms with Crippen LogP contribution in [0.5, 0.6) is 5.75 Å². The van der Waals surface area contributed by atoms with E-state index in [0.29, 0.717) is 17.6 Å². The van der Waals surface area contributed by atoms with Crippen molar-refractivity contribution in [2.75, 3.05) is 13.7 Å². The molecule has 0 fully saturated rings. The Kier molecular flexibility index (Phi) is 5.96. The molecule has 0 amide bonds. The first-order chi connectivity index (χ1) is 13.8. The number of esters is 1. The fourth-order valence-corrected chi connectivity index (χ4v) is 4.08. The molecule has 1 aromatic carbocycles. The molecule has 0 spiro atoms. The van der Waals surface area contributed by atoms with E-state index < -0.39 is 5.92 Å². The lowest BCUT2D eigenvalue weighted by molar-refractivity contribution is -0.139. The first-order valence-corrected chi connectivity index (χ1v) is 9.99. The van der Waals surface area contributed by atoms with Gasteiger partial charge >= 0.3 is 5.97 Å². The Hall–Kier alpha value is -2.82. The Balaban J connectivity index is 2.03. The Morgan fingerprint density at radius 1 is 1.24 bits per heavy atom. The zero-order valence-electron chi connectivity index (χ0n) is 17.8. The molecule has 1 unspecified atom stereocenters. The van der Waals surface area contributed by atoms with Crippen LogP contribution in [-0.4, -0.2) is 25.5 Å². The maximum Gasteiger partial charge on any atom is 0.336 e. The molecule has 1 aliphatic carbocycles. The summed E-state index contributed by atoms with van der Waals surface area (Å²) in [7, 11) is 1.63. The number of rotatable bonds is 5. The van der Waals surface area contributed by atoms with Crippen LogP contribution in [0.3, 0.4) is 0 Å². The molecule has 5 heteroatoms. The molecule has 0 radical (unpaired) electrons. The maximum absolute atomic E-state index is 13.1. The number of hydrogen-bond donors (Lipinski definition) is 1. The van der Waals surface area contributed by atoms with Crippen LogP contribution in [0.2, 0.25) is 0 Å². The molecule has 0 bridgehead atoms. The molecule has 0 saturated carbocycles. The molecule has 0 aromatic heterocycles. The topological polar surface area (TPSA) is 64.6 Å². The van der Waals surface area contributed by atoms with E-state index in [9.17, 15) is 9.59 Å². The van der Waals surface area contributed by atoms with Gasteiger partial charge in [-0.1, -0.05) is 38.1 Å². The van der Waals surface area contributed by atoms with Crippen LogP contribution < -0.4 is 10.1 Å². The summed E-state index contributed by atoms with van der Waals surface area (Å²) < 4.78 is 10.5. The van der Waals surface area contributed by atoms with E-state index in [1.165, 1.54) is 0 Å². The van der Waals surface area contributed by atoms with Gasteiger partial charge < -0.3 is 14.8 Å². The van der Waals surface area contributed by atoms with Gasteiger partial charge in [0.1, 0.15) is 5.75 Å². The number of nitrogens with one attached hydrogen (secondary N) is 1. The van der Waals surface area contributed by atoms with E-state index in [4.69, 9.17) is 9.47 Å². The number of ether oxygens (including phenoxy) is 2. The summed E-state index contributed by atoms with van der Waals surface area (Å²) in [4.78, 5) is 25.8. The van der Waals surface area contributed by atoms with Crippen LogP contribution in [-0.2, 0) is 14.3 Å². The smallest absolute Gasteiger partial charge is 0.336 e. The third kappa shape index (κ3) is 4.44. The molecule has 1 aromatic rings. The summed E-state index contributed by atoms with van der Waals surface area (Å²) in [6.07, 6.45) is 5.12. The zero-order chi connectivity index (χ0) is 21.2. The molecule has 29 heavy (non-hydrogen) atoms. The molecule has 1 aliphatic heterocycles. The van der Waals surface area contributed by atoms with Crippen molar-refractivity contribution in [2.45, 2.75) is 40.5 Å². The van der Waals surface area contributed by atoms with Crippen molar-refractivity contribution in [3.05, 3.63) is 58.4 Å². The van der Waals surface area contributed by atoms with Gasteiger partial charge in [-0.3, -0.25) is 4.79 Å². The highest BCUT2D eigenvalue weighted by molar-refractivity contribution is 6.03. The Morgan fingerprint density at radius 2 is 1.93 bits per heavy atom. The predicted octanol–water partition coefficient (Wildman–Crippen LogP) is 4.41. The Bertz CT molecular complexity index is 903. The van der Waals surface area contributed by atoms with E-state index in [1.54, 1.807) is 14.0 Å². The van der Waals surface area contributed by atoms with Crippen molar-refractivity contribution in [2.24, 2.45) is 11.3 Å². The van der Waals surface area contributed by atoms with Crippen molar-refractivity contribution in [3.8, 4) is 5.75 Å². The van der Waals surface area contributed by atoms with E-state index in [0.717, 1.165) is 29.1 Å². The quantitative estimate of drug-likeness (QED) is 0.748. The Morgan fingerprint density at radius 3 is 2.55 bits per heavy atom. The van der Waals surface area contributed by atoms with Crippen molar-refractivity contribution >= 4 is 17.8 Å². The van der Waals surface area contributed by atoms with E-state index in [1.807, 2.05) is 43.3 Å². The van der Waals surface area contributed by atoms with Crippen molar-refractivity contribution < 1.29 is 19.1 Å². The number of benzene rings is 1. The van der Waals surface area contributed by atoms with Crippen molar-refractivity contribution in [3.63, 3.8) is 0 Å². The van der Waals surface area contributed by atoms with E-state index in [2.05, 4.69) is 19.2 Å². The normalized spacial score (nSPS) is 21.1. The molecule has 1 atom stereocenters. The van der Waals surface area contributed by atoms with Crippen LogP contribution in [0.1, 0.15) is 46.1 Å². The van der Waals surface area contributed by atoms with Crippen LogP contribution >= 0.6 is 0 Å². The second kappa shape index (κ2) is 8.27. The number of Topliss-reactive ketones (excluding diaryl/α,β-unsaturated/α-hetero) is 1. The fourth-order valence-electron chi connectivity index (χ4n) is 4.08. The standard InChI is InChI=1S/C24H29NO4/c1-6-29-23(27)21-15(2)25-19-13-24(3,4)14-20(26)22(19)18(21)12-9-16-7-10-17(28-5)11-8-16/h7-12,18,25H,6,13-14H2,1-5H3/b12-9+. The molecule has 1 N–H and O–H groups in total. The van der Waals surface area contributed by atoms with Gasteiger partial charge in [-0.15, -0.1) is 0 Å². The molecular formula is C24H29NO4. The first-order valence-electron chi connectivity index (χ1n) is 9.99. The largest absolute Gasteiger partial charge is 0.497 e. The van der Waals surface area contributed by atoms with Crippen LogP contribution in [0, 0.1) is 11.3 Å². The molecular weight excluding hydrogens is 366 g/mol. The Labute approximate surface area is 172 Å². The van der Waals surface area contributed by atoms with Gasteiger partial charge in [0.25, 0.3) is 0 Å². The second-order valence-electron chi connectivity index (χ2n) is 8.33. The van der Waals surface area contributed by atoms with Crippen LogP contribution in [0.25, 0.3) is 6.08 Å². The number of allylic oxidation sites excluding steroid dienone is 4. The lowest BCUT2D eigenvalue weighted by atomic mass is 9.70. The highest BCUT2D eigenvalue weighted by Gasteiger charge is 2.41. The maximum atomic E-state index is 13.1. The number of dihydropyridines is 1. The van der Waals surface area contributed by atoms with Gasteiger partial charge in [-0.2, -0.15) is 0 Å². The molecule has 2 aliphatic rings. The number of ketones is 1. The zero-order valence-corrected chi connectivity index (χ0v) is 17.8. The molecule has 5 nitrogen and oxygen atoms in total. The van der Waals surface area contributed by atoms with Gasteiger partial charge in [0.05, 0.1) is 19.3 Å². The van der Waals surface area contributed by atoms with Crippen molar-refractivity contribution in [1.29, 1.82) is 0 Å². The molecule has 3 rings (SSSR count). The monoisotopic (exact) mass is 395 g/mol. The second-order valence-corrected chi connectivity index (χ2v) is 8.33. The van der Waals surface area contributed by atoms with Crippen molar-refractivity contribution in [1.82, 2.24) is 5.32 Å². The molecule has 1 heterocycles. The van der Waals surface area contributed by atoms with E-state index >= 15 is 0 Å². The third-order valence-corrected chi connectivity index (χ3v) is 5.38. The number of hydrogen-bond acceptors (Lipinski definition) is 5. The highest BCUT2D eigenvalue weighted by Crippen LogP contribution is 2.43. The van der Waals surface area contributed by atoms with E-state index in [-0.39, 0.29) is 23.8 Å². The number of carbonyl (C=O) groups excluding carboxylic acids is 2. The average molecular weight is 395 g/mol. The summed E-state index contributed by atoms with van der Waals surface area (Å²) >= 11 is 0. The molecule has 154 valence electrons. The SMILES string of the molecule is CCOC(=O)C1=C(C)NC2=C(C(=O)CC(C)(C)C2)C1/C=C/c1ccc(OC)cc1. The fraction of sp³-hybridized carbons (Fsp3) is 0.417. The summed E-state index contributed by atoms with van der Waals surface area (Å²) in [6.45, 7) is 8.13. The third-order valence-electron chi connectivity index (χ3n) is 5.38. The summed E-state index contributed by atoms with van der Waals surface area (Å²) in [5.41, 5.74) is 3.72. The average Bonchev–Trinajstić information content (AvgIpc) is 2.65. The lowest BCUT2D eigenvalue weighted by Crippen LogP contribution is -2.39.